The predicted octanol–water partition coefficient (Wildman–Crippen LogP) is 2.30. The van der Waals surface area contributed by atoms with Gasteiger partial charge in [-0.3, -0.25) is 9.59 Å². The van der Waals surface area contributed by atoms with E-state index in [2.05, 4.69) is 5.32 Å². The van der Waals surface area contributed by atoms with Crippen LogP contribution in [-0.2, 0) is 11.2 Å². The summed E-state index contributed by atoms with van der Waals surface area (Å²) in [6, 6.07) is 7.17. The number of carbonyl (C=O) groups is 2. The largest absolute Gasteiger partial charge is 0.326 e. The van der Waals surface area contributed by atoms with Crippen LogP contribution in [0.5, 0.6) is 0 Å². The minimum Gasteiger partial charge on any atom is -0.326 e. The van der Waals surface area contributed by atoms with E-state index in [1.807, 2.05) is 6.07 Å². The Hall–Kier alpha value is -2.15. The molecule has 18 heavy (non-hydrogen) atoms. The number of benzene rings is 1. The first-order valence-corrected chi connectivity index (χ1v) is 5.83. The van der Waals surface area contributed by atoms with E-state index in [4.69, 9.17) is 5.26 Å². The molecule has 0 bridgehead atoms. The number of carbonyl (C=O) groups excluding carboxylic acids is 2. The highest BCUT2D eigenvalue weighted by atomic mass is 16.1. The molecule has 1 aromatic rings. The van der Waals surface area contributed by atoms with Crippen LogP contribution in [0, 0.1) is 16.7 Å². The molecule has 0 fully saturated rings. The van der Waals surface area contributed by atoms with E-state index < -0.39 is 5.41 Å². The summed E-state index contributed by atoms with van der Waals surface area (Å²) in [5, 5.41) is 11.7. The molecule has 4 heteroatoms. The molecule has 1 aliphatic heterocycles. The third-order valence-corrected chi connectivity index (χ3v) is 3.11. The van der Waals surface area contributed by atoms with E-state index in [1.165, 1.54) is 0 Å². The minimum absolute atomic E-state index is 0.000990. The van der Waals surface area contributed by atoms with Crippen LogP contribution in [0.15, 0.2) is 18.2 Å². The van der Waals surface area contributed by atoms with Gasteiger partial charge in [0.25, 0.3) is 0 Å². The third-order valence-electron chi connectivity index (χ3n) is 3.11. The van der Waals surface area contributed by atoms with Crippen molar-refractivity contribution in [2.45, 2.75) is 26.7 Å². The molecule has 0 unspecified atom stereocenters. The van der Waals surface area contributed by atoms with Crippen molar-refractivity contribution in [3.05, 3.63) is 29.3 Å². The molecule has 1 aliphatic rings. The average molecular weight is 242 g/mol. The molecule has 1 N–H and O–H groups in total. The quantitative estimate of drug-likeness (QED) is 0.809. The summed E-state index contributed by atoms with van der Waals surface area (Å²) in [6.07, 6.45) is 1.07. The SMILES string of the molecule is CC(C)(C#N)C(=O)c1ccc2c(c1)CCC(=O)N2. The molecule has 4 nitrogen and oxygen atoms in total. The smallest absolute Gasteiger partial charge is 0.224 e. The summed E-state index contributed by atoms with van der Waals surface area (Å²) in [6.45, 7) is 3.22. The van der Waals surface area contributed by atoms with Crippen molar-refractivity contribution in [3.8, 4) is 6.07 Å². The fourth-order valence-corrected chi connectivity index (χ4v) is 1.94. The molecule has 1 aromatic carbocycles. The summed E-state index contributed by atoms with van der Waals surface area (Å²) in [5.74, 6) is -0.191. The molecule has 0 atom stereocenters. The van der Waals surface area contributed by atoms with E-state index >= 15 is 0 Å². The number of anilines is 1. The summed E-state index contributed by atoms with van der Waals surface area (Å²) in [5.41, 5.74) is 1.22. The van der Waals surface area contributed by atoms with Crippen LogP contribution in [0.1, 0.15) is 36.2 Å². The molecule has 0 radical (unpaired) electrons. The lowest BCUT2D eigenvalue weighted by atomic mass is 9.85. The second-order valence-corrected chi connectivity index (χ2v) is 4.99. The van der Waals surface area contributed by atoms with Crippen molar-refractivity contribution in [2.24, 2.45) is 5.41 Å². The van der Waals surface area contributed by atoms with Crippen LogP contribution in [-0.4, -0.2) is 11.7 Å². The molecular weight excluding hydrogens is 228 g/mol. The van der Waals surface area contributed by atoms with Gasteiger partial charge in [0.15, 0.2) is 5.78 Å². The number of nitriles is 1. The van der Waals surface area contributed by atoms with Crippen LogP contribution in [0.3, 0.4) is 0 Å². The number of rotatable bonds is 2. The molecular formula is C14H14N2O2. The second-order valence-electron chi connectivity index (χ2n) is 4.99. The Labute approximate surface area is 106 Å². The van der Waals surface area contributed by atoms with Gasteiger partial charge in [-0.2, -0.15) is 5.26 Å². The van der Waals surface area contributed by atoms with Crippen LogP contribution in [0.4, 0.5) is 5.69 Å². The van der Waals surface area contributed by atoms with E-state index in [9.17, 15) is 9.59 Å². The number of nitrogens with one attached hydrogen (secondary N) is 1. The Morgan fingerprint density at radius 1 is 1.39 bits per heavy atom. The van der Waals surface area contributed by atoms with Gasteiger partial charge < -0.3 is 5.32 Å². The number of hydrogen-bond donors (Lipinski definition) is 1. The van der Waals surface area contributed by atoms with Gasteiger partial charge in [0.1, 0.15) is 5.41 Å². The van der Waals surface area contributed by atoms with Gasteiger partial charge in [-0.25, -0.2) is 0 Å². The fraction of sp³-hybridized carbons (Fsp3) is 0.357. The van der Waals surface area contributed by atoms with Crippen LogP contribution in [0.25, 0.3) is 0 Å². The minimum atomic E-state index is -1.02. The van der Waals surface area contributed by atoms with Gasteiger partial charge in [0.2, 0.25) is 5.91 Å². The van der Waals surface area contributed by atoms with Gasteiger partial charge >= 0.3 is 0 Å². The number of fused-ring (bicyclic) bond motifs is 1. The molecule has 2 rings (SSSR count). The first-order valence-electron chi connectivity index (χ1n) is 5.83. The van der Waals surface area contributed by atoms with Crippen molar-refractivity contribution in [2.75, 3.05) is 5.32 Å². The number of Topliss-reactive ketones (excluding diaryl/α,β-unsaturated/α-hetero) is 1. The molecule has 0 spiro atoms. The Morgan fingerprint density at radius 2 is 2.11 bits per heavy atom. The summed E-state index contributed by atoms with van der Waals surface area (Å²) in [7, 11) is 0. The van der Waals surface area contributed by atoms with Crippen molar-refractivity contribution in [3.63, 3.8) is 0 Å². The molecule has 0 aliphatic carbocycles. The van der Waals surface area contributed by atoms with Crippen molar-refractivity contribution in [1.82, 2.24) is 0 Å². The second kappa shape index (κ2) is 4.26. The van der Waals surface area contributed by atoms with Crippen LogP contribution < -0.4 is 5.32 Å². The normalized spacial score (nSPS) is 14.4. The average Bonchev–Trinajstić information content (AvgIpc) is 2.37. The molecule has 0 saturated heterocycles. The van der Waals surface area contributed by atoms with Crippen molar-refractivity contribution in [1.29, 1.82) is 5.26 Å². The lowest BCUT2D eigenvalue weighted by molar-refractivity contribution is -0.116. The van der Waals surface area contributed by atoms with Crippen LogP contribution >= 0.6 is 0 Å². The number of ketones is 1. The summed E-state index contributed by atoms with van der Waals surface area (Å²) in [4.78, 5) is 23.4. The van der Waals surface area contributed by atoms with Gasteiger partial charge in [-0.15, -0.1) is 0 Å². The Balaban J connectivity index is 2.36. The number of amides is 1. The Kier molecular flexibility index (Phi) is 2.92. The zero-order valence-corrected chi connectivity index (χ0v) is 10.4. The highest BCUT2D eigenvalue weighted by molar-refractivity contribution is 6.03. The van der Waals surface area contributed by atoms with Gasteiger partial charge in [0, 0.05) is 17.7 Å². The Bertz CT molecular complexity index is 568. The van der Waals surface area contributed by atoms with E-state index in [-0.39, 0.29) is 11.7 Å². The predicted molar refractivity (Wildman–Crippen MR) is 67.1 cm³/mol. The summed E-state index contributed by atoms with van der Waals surface area (Å²) < 4.78 is 0. The zero-order chi connectivity index (χ0) is 13.3. The van der Waals surface area contributed by atoms with E-state index in [0.29, 0.717) is 18.4 Å². The maximum atomic E-state index is 12.1. The third kappa shape index (κ3) is 2.12. The Morgan fingerprint density at radius 3 is 2.78 bits per heavy atom. The molecule has 92 valence electrons. The number of nitrogens with zero attached hydrogens (tertiary/aromatic N) is 1. The topological polar surface area (TPSA) is 70.0 Å². The highest BCUT2D eigenvalue weighted by Gasteiger charge is 2.29. The molecule has 0 saturated carbocycles. The molecule has 1 amide bonds. The molecule has 1 heterocycles. The van der Waals surface area contributed by atoms with E-state index in [0.717, 1.165) is 11.3 Å². The van der Waals surface area contributed by atoms with Crippen molar-refractivity contribution < 1.29 is 9.59 Å². The van der Waals surface area contributed by atoms with Crippen molar-refractivity contribution >= 4 is 17.4 Å². The standard InChI is InChI=1S/C14H14N2O2/c1-14(2,8-15)13(18)10-3-5-11-9(7-10)4-6-12(17)16-11/h3,5,7H,4,6H2,1-2H3,(H,16,17). The fourth-order valence-electron chi connectivity index (χ4n) is 1.94. The number of aryl methyl sites for hydroxylation is 1. The van der Waals surface area contributed by atoms with Crippen LogP contribution in [0.2, 0.25) is 0 Å². The summed E-state index contributed by atoms with van der Waals surface area (Å²) >= 11 is 0. The maximum absolute atomic E-state index is 12.1. The van der Waals surface area contributed by atoms with Gasteiger partial charge in [-0.05, 0) is 44.0 Å². The lowest BCUT2D eigenvalue weighted by Gasteiger charge is -2.19. The number of hydrogen-bond acceptors (Lipinski definition) is 3. The highest BCUT2D eigenvalue weighted by Crippen LogP contribution is 2.27. The molecule has 0 aromatic heterocycles. The van der Waals surface area contributed by atoms with Gasteiger partial charge in [0.05, 0.1) is 6.07 Å². The zero-order valence-electron chi connectivity index (χ0n) is 10.4. The first kappa shape index (κ1) is 12.3. The maximum Gasteiger partial charge on any atom is 0.224 e. The monoisotopic (exact) mass is 242 g/mol. The van der Waals surface area contributed by atoms with E-state index in [1.54, 1.807) is 32.0 Å². The van der Waals surface area contributed by atoms with Gasteiger partial charge in [-0.1, -0.05) is 0 Å². The first-order chi connectivity index (χ1) is 8.44. The lowest BCUT2D eigenvalue weighted by Crippen LogP contribution is -2.23.